The van der Waals surface area contributed by atoms with Crippen molar-refractivity contribution in [2.45, 2.75) is 19.6 Å². The highest BCUT2D eigenvalue weighted by Gasteiger charge is 2.07. The molecule has 0 fully saturated rings. The number of nitro groups is 1. The lowest BCUT2D eigenvalue weighted by molar-refractivity contribution is -0.384. The van der Waals surface area contributed by atoms with Gasteiger partial charge >= 0.3 is 0 Å². The fourth-order valence-electron chi connectivity index (χ4n) is 1.79. The van der Waals surface area contributed by atoms with Gasteiger partial charge in [-0.3, -0.25) is 10.1 Å². The molecule has 0 radical (unpaired) electrons. The van der Waals surface area contributed by atoms with Crippen LogP contribution in [0.5, 0.6) is 5.75 Å². The van der Waals surface area contributed by atoms with Gasteiger partial charge in [0.25, 0.3) is 5.69 Å². The van der Waals surface area contributed by atoms with Gasteiger partial charge in [0.2, 0.25) is 0 Å². The van der Waals surface area contributed by atoms with E-state index in [1.165, 1.54) is 12.1 Å². The van der Waals surface area contributed by atoms with Crippen molar-refractivity contribution in [1.29, 1.82) is 0 Å². The molecule has 0 heterocycles. The Morgan fingerprint density at radius 2 is 1.95 bits per heavy atom. The van der Waals surface area contributed by atoms with Gasteiger partial charge in [0.05, 0.1) is 9.95 Å². The van der Waals surface area contributed by atoms with Crippen LogP contribution in [0.2, 0.25) is 5.02 Å². The van der Waals surface area contributed by atoms with Gasteiger partial charge in [0.15, 0.2) is 0 Å². The van der Waals surface area contributed by atoms with Gasteiger partial charge in [-0.15, -0.1) is 0 Å². The van der Waals surface area contributed by atoms with Crippen LogP contribution in [0, 0.1) is 10.1 Å². The standard InChI is InChI=1S/C15H15ClN2O3/c1-10(17)12-4-7-15(14(16)8-12)21-9-11-2-5-13(6-3-11)18(19)20/h2-8,10H,9,17H2,1H3/t10-/m0/s1. The van der Waals surface area contributed by atoms with Crippen LogP contribution in [0.25, 0.3) is 0 Å². The molecule has 0 aliphatic heterocycles. The number of rotatable bonds is 5. The van der Waals surface area contributed by atoms with Crippen molar-refractivity contribution in [2.75, 3.05) is 0 Å². The van der Waals surface area contributed by atoms with Gasteiger partial charge in [0, 0.05) is 18.2 Å². The first-order chi connectivity index (χ1) is 9.97. The van der Waals surface area contributed by atoms with Gasteiger partial charge in [-0.1, -0.05) is 17.7 Å². The van der Waals surface area contributed by atoms with Crippen molar-refractivity contribution in [1.82, 2.24) is 0 Å². The highest BCUT2D eigenvalue weighted by molar-refractivity contribution is 6.32. The minimum atomic E-state index is -0.436. The van der Waals surface area contributed by atoms with Crippen molar-refractivity contribution < 1.29 is 9.66 Å². The largest absolute Gasteiger partial charge is 0.487 e. The first kappa shape index (κ1) is 15.3. The lowest BCUT2D eigenvalue weighted by Gasteiger charge is -2.11. The van der Waals surface area contributed by atoms with Crippen molar-refractivity contribution in [3.63, 3.8) is 0 Å². The SMILES string of the molecule is C[C@H](N)c1ccc(OCc2ccc([N+](=O)[O-])cc2)c(Cl)c1. The molecule has 0 amide bonds. The summed E-state index contributed by atoms with van der Waals surface area (Å²) < 4.78 is 5.62. The van der Waals surface area contributed by atoms with E-state index in [1.807, 2.05) is 13.0 Å². The first-order valence-corrected chi connectivity index (χ1v) is 6.76. The van der Waals surface area contributed by atoms with Crippen molar-refractivity contribution in [3.05, 3.63) is 68.7 Å². The molecule has 5 nitrogen and oxygen atoms in total. The number of nitrogens with two attached hydrogens (primary N) is 1. The molecule has 0 aromatic heterocycles. The van der Waals surface area contributed by atoms with Gasteiger partial charge in [0.1, 0.15) is 12.4 Å². The van der Waals surface area contributed by atoms with Crippen LogP contribution in [0.3, 0.4) is 0 Å². The Morgan fingerprint density at radius 3 is 2.48 bits per heavy atom. The minimum Gasteiger partial charge on any atom is -0.487 e. The van der Waals surface area contributed by atoms with E-state index in [2.05, 4.69) is 0 Å². The number of hydrogen-bond donors (Lipinski definition) is 1. The van der Waals surface area contributed by atoms with Crippen LogP contribution in [0.1, 0.15) is 24.1 Å². The van der Waals surface area contributed by atoms with Gasteiger partial charge in [-0.05, 0) is 42.3 Å². The molecule has 2 aromatic carbocycles. The third kappa shape index (κ3) is 3.93. The molecule has 1 atom stereocenters. The minimum absolute atomic E-state index is 0.0538. The Hall–Kier alpha value is -2.11. The normalized spacial score (nSPS) is 12.0. The van der Waals surface area contributed by atoms with E-state index in [4.69, 9.17) is 22.1 Å². The molecule has 21 heavy (non-hydrogen) atoms. The van der Waals surface area contributed by atoms with E-state index in [0.717, 1.165) is 11.1 Å². The number of nitro benzene ring substituents is 1. The van der Waals surface area contributed by atoms with E-state index in [9.17, 15) is 10.1 Å². The molecular formula is C15H15ClN2O3. The van der Waals surface area contributed by atoms with Crippen LogP contribution in [-0.4, -0.2) is 4.92 Å². The Kier molecular flexibility index (Phi) is 4.77. The summed E-state index contributed by atoms with van der Waals surface area (Å²) in [4.78, 5) is 10.1. The highest BCUT2D eigenvalue weighted by atomic mass is 35.5. The maximum atomic E-state index is 10.6. The molecule has 2 N–H and O–H groups in total. The van der Waals surface area contributed by atoms with Crippen LogP contribution in [0.15, 0.2) is 42.5 Å². The average Bonchev–Trinajstić information content (AvgIpc) is 2.46. The zero-order valence-electron chi connectivity index (χ0n) is 11.5. The van der Waals surface area contributed by atoms with E-state index in [0.29, 0.717) is 10.8 Å². The fourth-order valence-corrected chi connectivity index (χ4v) is 2.04. The quantitative estimate of drug-likeness (QED) is 0.672. The summed E-state index contributed by atoms with van der Waals surface area (Å²) in [5.74, 6) is 0.555. The van der Waals surface area contributed by atoms with Crippen LogP contribution < -0.4 is 10.5 Å². The van der Waals surface area contributed by atoms with Crippen molar-refractivity contribution >= 4 is 17.3 Å². The molecule has 6 heteroatoms. The number of benzene rings is 2. The Labute approximate surface area is 127 Å². The molecule has 110 valence electrons. The van der Waals surface area contributed by atoms with Gasteiger partial charge in [-0.2, -0.15) is 0 Å². The number of hydrogen-bond acceptors (Lipinski definition) is 4. The molecular weight excluding hydrogens is 292 g/mol. The molecule has 0 bridgehead atoms. The Balaban J connectivity index is 2.04. The fraction of sp³-hybridized carbons (Fsp3) is 0.200. The molecule has 0 unspecified atom stereocenters. The zero-order valence-corrected chi connectivity index (χ0v) is 12.2. The van der Waals surface area contributed by atoms with E-state index < -0.39 is 4.92 Å². The summed E-state index contributed by atoms with van der Waals surface area (Å²) in [7, 11) is 0. The lowest BCUT2D eigenvalue weighted by Crippen LogP contribution is -2.05. The number of nitrogens with zero attached hydrogens (tertiary/aromatic N) is 1. The van der Waals surface area contributed by atoms with Gasteiger partial charge < -0.3 is 10.5 Å². The second-order valence-corrected chi connectivity index (χ2v) is 5.10. The maximum absolute atomic E-state index is 10.6. The molecule has 2 rings (SSSR count). The summed E-state index contributed by atoms with van der Waals surface area (Å²) in [5.41, 5.74) is 7.60. The van der Waals surface area contributed by atoms with Crippen molar-refractivity contribution in [2.24, 2.45) is 5.73 Å². The third-order valence-electron chi connectivity index (χ3n) is 3.02. The predicted molar refractivity (Wildman–Crippen MR) is 81.5 cm³/mol. The molecule has 0 saturated heterocycles. The smallest absolute Gasteiger partial charge is 0.269 e. The zero-order chi connectivity index (χ0) is 15.4. The number of halogens is 1. The monoisotopic (exact) mass is 306 g/mol. The first-order valence-electron chi connectivity index (χ1n) is 6.38. The average molecular weight is 307 g/mol. The van der Waals surface area contributed by atoms with E-state index in [1.54, 1.807) is 24.3 Å². The summed E-state index contributed by atoms with van der Waals surface area (Å²) in [6.45, 7) is 2.16. The Morgan fingerprint density at radius 1 is 1.29 bits per heavy atom. The third-order valence-corrected chi connectivity index (χ3v) is 3.32. The van der Waals surface area contributed by atoms with Crippen LogP contribution in [-0.2, 0) is 6.61 Å². The van der Waals surface area contributed by atoms with E-state index in [-0.39, 0.29) is 18.3 Å². The molecule has 0 spiro atoms. The molecule has 0 aliphatic carbocycles. The number of ether oxygens (including phenoxy) is 1. The summed E-state index contributed by atoms with van der Waals surface area (Å²) in [5, 5.41) is 11.1. The van der Waals surface area contributed by atoms with Crippen LogP contribution in [0.4, 0.5) is 5.69 Å². The second-order valence-electron chi connectivity index (χ2n) is 4.69. The molecule has 0 saturated carbocycles. The van der Waals surface area contributed by atoms with Crippen molar-refractivity contribution in [3.8, 4) is 5.75 Å². The topological polar surface area (TPSA) is 78.4 Å². The lowest BCUT2D eigenvalue weighted by atomic mass is 10.1. The maximum Gasteiger partial charge on any atom is 0.269 e. The second kappa shape index (κ2) is 6.56. The summed E-state index contributed by atoms with van der Waals surface area (Å²) >= 11 is 6.14. The summed E-state index contributed by atoms with van der Waals surface area (Å²) in [6.07, 6.45) is 0. The Bertz CT molecular complexity index is 642. The highest BCUT2D eigenvalue weighted by Crippen LogP contribution is 2.28. The number of non-ortho nitro benzene ring substituents is 1. The predicted octanol–water partition coefficient (Wildman–Crippen LogP) is 3.85. The molecule has 2 aromatic rings. The molecule has 0 aliphatic rings. The van der Waals surface area contributed by atoms with Gasteiger partial charge in [-0.25, -0.2) is 0 Å². The van der Waals surface area contributed by atoms with E-state index >= 15 is 0 Å². The van der Waals surface area contributed by atoms with Crippen LogP contribution >= 0.6 is 11.6 Å². The summed E-state index contributed by atoms with van der Waals surface area (Å²) in [6, 6.07) is 11.5.